The molecule has 2 rings (SSSR count). The van der Waals surface area contributed by atoms with Crippen LogP contribution >= 0.6 is 0 Å². The Kier molecular flexibility index (Phi) is 4.16. The van der Waals surface area contributed by atoms with Crippen molar-refractivity contribution < 1.29 is 13.2 Å². The quantitative estimate of drug-likeness (QED) is 0.767. The van der Waals surface area contributed by atoms with Crippen molar-refractivity contribution >= 4 is 10.0 Å². The Bertz CT molecular complexity index is 510. The normalized spacial score (nSPS) is 20.4. The molecule has 0 spiro atoms. The number of benzene rings is 1. The number of hydrogen-bond acceptors (Lipinski definition) is 3. The number of hydrogen-bond donors (Lipinski definition) is 0. The van der Waals surface area contributed by atoms with Crippen molar-refractivity contribution in [3.8, 4) is 0 Å². The van der Waals surface area contributed by atoms with Gasteiger partial charge in [-0.25, -0.2) is 8.42 Å². The zero-order chi connectivity index (χ0) is 13.0. The molecule has 0 saturated carbocycles. The van der Waals surface area contributed by atoms with Crippen LogP contribution in [-0.2, 0) is 14.8 Å². The second-order valence-electron chi connectivity index (χ2n) is 4.08. The summed E-state index contributed by atoms with van der Waals surface area (Å²) in [6.07, 6.45) is 4.00. The average molecular weight is 267 g/mol. The van der Waals surface area contributed by atoms with Crippen LogP contribution in [-0.4, -0.2) is 32.1 Å². The predicted octanol–water partition coefficient (Wildman–Crippen LogP) is 2.00. The number of rotatable bonds is 5. The molecule has 1 aliphatic heterocycles. The molecule has 4 nitrogen and oxygen atoms in total. The van der Waals surface area contributed by atoms with Crippen molar-refractivity contribution in [1.29, 1.82) is 0 Å². The average Bonchev–Trinajstić information content (AvgIpc) is 2.86. The Labute approximate surface area is 108 Å². The molecule has 98 valence electrons. The van der Waals surface area contributed by atoms with Crippen molar-refractivity contribution in [3.05, 3.63) is 42.5 Å². The van der Waals surface area contributed by atoms with E-state index in [1.54, 1.807) is 36.4 Å². The van der Waals surface area contributed by atoms with Crippen LogP contribution in [0.5, 0.6) is 0 Å². The molecular formula is C13H17NO3S. The number of sulfonamides is 1. The third-order valence-electron chi connectivity index (χ3n) is 2.71. The van der Waals surface area contributed by atoms with Crippen molar-refractivity contribution in [1.82, 2.24) is 4.31 Å². The van der Waals surface area contributed by atoms with Crippen molar-refractivity contribution in [2.75, 3.05) is 13.2 Å². The van der Waals surface area contributed by atoms with Gasteiger partial charge in [-0.3, -0.25) is 0 Å². The summed E-state index contributed by atoms with van der Waals surface area (Å²) in [5, 5.41) is 0. The Morgan fingerprint density at radius 1 is 1.33 bits per heavy atom. The maximum Gasteiger partial charge on any atom is 0.245 e. The van der Waals surface area contributed by atoms with Crippen LogP contribution in [0.4, 0.5) is 0 Å². The molecule has 0 bridgehead atoms. The van der Waals surface area contributed by atoms with Crippen LogP contribution in [0, 0.1) is 0 Å². The summed E-state index contributed by atoms with van der Waals surface area (Å²) in [5.74, 6) is 0. The van der Waals surface area contributed by atoms with E-state index in [1.165, 1.54) is 4.31 Å². The van der Waals surface area contributed by atoms with E-state index in [-0.39, 0.29) is 0 Å². The van der Waals surface area contributed by atoms with Crippen molar-refractivity contribution in [2.24, 2.45) is 0 Å². The predicted molar refractivity (Wildman–Crippen MR) is 69.5 cm³/mol. The molecule has 1 aromatic rings. The van der Waals surface area contributed by atoms with Gasteiger partial charge in [0.2, 0.25) is 10.0 Å². The maximum atomic E-state index is 12.4. The largest absolute Gasteiger partial charge is 0.358 e. The van der Waals surface area contributed by atoms with Crippen LogP contribution in [0.1, 0.15) is 13.3 Å². The summed E-state index contributed by atoms with van der Waals surface area (Å²) in [5.41, 5.74) is 0. The summed E-state index contributed by atoms with van der Waals surface area (Å²) in [7, 11) is -3.47. The van der Waals surface area contributed by atoms with Gasteiger partial charge >= 0.3 is 0 Å². The number of ether oxygens (including phenoxy) is 1. The summed E-state index contributed by atoms with van der Waals surface area (Å²) >= 11 is 0. The summed E-state index contributed by atoms with van der Waals surface area (Å²) in [4.78, 5) is 0.304. The first-order chi connectivity index (χ1) is 8.66. The molecule has 1 atom stereocenters. The fourth-order valence-corrected chi connectivity index (χ4v) is 3.28. The molecule has 0 saturated heterocycles. The molecule has 0 amide bonds. The first kappa shape index (κ1) is 13.3. The van der Waals surface area contributed by atoms with E-state index in [2.05, 4.69) is 0 Å². The lowest BCUT2D eigenvalue weighted by Crippen LogP contribution is -2.37. The maximum absolute atomic E-state index is 12.4. The Balaban J connectivity index is 2.20. The molecule has 0 radical (unpaired) electrons. The minimum Gasteiger partial charge on any atom is -0.358 e. The van der Waals surface area contributed by atoms with Crippen LogP contribution in [0.3, 0.4) is 0 Å². The third kappa shape index (κ3) is 2.63. The summed E-state index contributed by atoms with van der Waals surface area (Å²) < 4.78 is 31.7. The van der Waals surface area contributed by atoms with E-state index in [9.17, 15) is 8.42 Å². The zero-order valence-electron chi connectivity index (χ0n) is 10.3. The van der Waals surface area contributed by atoms with E-state index >= 15 is 0 Å². The van der Waals surface area contributed by atoms with Crippen LogP contribution < -0.4 is 0 Å². The van der Waals surface area contributed by atoms with Gasteiger partial charge in [0.15, 0.2) is 0 Å². The molecule has 1 unspecified atom stereocenters. The first-order valence-electron chi connectivity index (χ1n) is 6.01. The van der Waals surface area contributed by atoms with Gasteiger partial charge in [0.25, 0.3) is 0 Å². The molecule has 1 aliphatic rings. The van der Waals surface area contributed by atoms with E-state index in [0.29, 0.717) is 18.0 Å². The molecule has 0 aliphatic carbocycles. The monoisotopic (exact) mass is 267 g/mol. The molecule has 0 fully saturated rings. The second kappa shape index (κ2) is 5.65. The molecule has 18 heavy (non-hydrogen) atoms. The van der Waals surface area contributed by atoms with Crippen LogP contribution in [0.15, 0.2) is 47.4 Å². The molecular weight excluding hydrogens is 250 g/mol. The minimum atomic E-state index is -3.47. The fourth-order valence-electron chi connectivity index (χ4n) is 1.82. The number of nitrogens with zero attached hydrogens (tertiary/aromatic N) is 1. The van der Waals surface area contributed by atoms with E-state index in [4.69, 9.17) is 4.74 Å². The lowest BCUT2D eigenvalue weighted by Gasteiger charge is -2.23. The third-order valence-corrected chi connectivity index (χ3v) is 4.55. The van der Waals surface area contributed by atoms with E-state index < -0.39 is 16.3 Å². The Morgan fingerprint density at radius 2 is 2.06 bits per heavy atom. The van der Waals surface area contributed by atoms with Gasteiger partial charge in [-0.15, -0.1) is 0 Å². The second-order valence-corrected chi connectivity index (χ2v) is 5.97. The smallest absolute Gasteiger partial charge is 0.245 e. The molecule has 0 aromatic heterocycles. The van der Waals surface area contributed by atoms with E-state index in [1.807, 2.05) is 13.0 Å². The summed E-state index contributed by atoms with van der Waals surface area (Å²) in [6, 6.07) is 8.44. The van der Waals surface area contributed by atoms with E-state index in [0.717, 1.165) is 6.42 Å². The molecule has 1 heterocycles. The molecule has 1 aromatic carbocycles. The fraction of sp³-hybridized carbons (Fsp3) is 0.385. The highest BCUT2D eigenvalue weighted by molar-refractivity contribution is 7.89. The van der Waals surface area contributed by atoms with Gasteiger partial charge in [0.05, 0.1) is 4.90 Å². The Morgan fingerprint density at radius 3 is 2.72 bits per heavy atom. The van der Waals surface area contributed by atoms with Gasteiger partial charge in [-0.2, -0.15) is 4.31 Å². The van der Waals surface area contributed by atoms with Crippen LogP contribution in [0.25, 0.3) is 0 Å². The highest BCUT2D eigenvalue weighted by Gasteiger charge is 2.32. The minimum absolute atomic E-state index is 0.304. The topological polar surface area (TPSA) is 46.6 Å². The van der Waals surface area contributed by atoms with Crippen LogP contribution in [0.2, 0.25) is 0 Å². The highest BCUT2D eigenvalue weighted by atomic mass is 32.2. The first-order valence-corrected chi connectivity index (χ1v) is 7.45. The van der Waals surface area contributed by atoms with Gasteiger partial charge in [0.1, 0.15) is 6.23 Å². The van der Waals surface area contributed by atoms with Gasteiger partial charge in [-0.1, -0.05) is 31.2 Å². The highest BCUT2D eigenvalue weighted by Crippen LogP contribution is 2.22. The SMILES string of the molecule is CCCOC1C=CCN1S(=O)(=O)c1ccccc1. The van der Waals surface area contributed by atoms with Gasteiger partial charge in [-0.05, 0) is 24.6 Å². The molecule has 5 heteroatoms. The van der Waals surface area contributed by atoms with Crippen molar-refractivity contribution in [2.45, 2.75) is 24.5 Å². The zero-order valence-corrected chi connectivity index (χ0v) is 11.1. The lowest BCUT2D eigenvalue weighted by molar-refractivity contribution is 0.0262. The van der Waals surface area contributed by atoms with Crippen molar-refractivity contribution in [3.63, 3.8) is 0 Å². The summed E-state index contributed by atoms with van der Waals surface area (Å²) in [6.45, 7) is 2.91. The van der Waals surface area contributed by atoms with Gasteiger partial charge in [0, 0.05) is 13.2 Å². The van der Waals surface area contributed by atoms with Gasteiger partial charge < -0.3 is 4.74 Å². The lowest BCUT2D eigenvalue weighted by atomic mass is 10.4. The molecule has 0 N–H and O–H groups in total. The standard InChI is InChI=1S/C13H17NO3S/c1-2-11-17-13-9-6-10-14(13)18(15,16)12-7-4-3-5-8-12/h3-9,13H,2,10-11H2,1H3. The Hall–Kier alpha value is -1.17.